The molecule has 0 spiro atoms. The van der Waals surface area contributed by atoms with E-state index < -0.39 is 0 Å². The molecule has 156 valence electrons. The normalized spacial score (nSPS) is 15.3. The minimum absolute atomic E-state index is 0.335. The van der Waals surface area contributed by atoms with Gasteiger partial charge in [0.1, 0.15) is 6.10 Å². The van der Waals surface area contributed by atoms with Gasteiger partial charge >= 0.3 is 0 Å². The van der Waals surface area contributed by atoms with Crippen molar-refractivity contribution in [3.05, 3.63) is 75.9 Å². The summed E-state index contributed by atoms with van der Waals surface area (Å²) in [6, 6.07) is 15.9. The Kier molecular flexibility index (Phi) is 6.47. The number of benzene rings is 2. The second-order valence-corrected chi connectivity index (χ2v) is 8.50. The Morgan fingerprint density at radius 1 is 1.03 bits per heavy atom. The van der Waals surface area contributed by atoms with Crippen LogP contribution in [0, 0.1) is 0 Å². The van der Waals surface area contributed by atoms with Crippen LogP contribution in [0.4, 0.5) is 5.82 Å². The summed E-state index contributed by atoms with van der Waals surface area (Å²) in [5.41, 5.74) is 10.2. The van der Waals surface area contributed by atoms with Crippen molar-refractivity contribution in [2.75, 3.05) is 18.8 Å². The van der Waals surface area contributed by atoms with Gasteiger partial charge in [-0.2, -0.15) is 0 Å². The largest absolute Gasteiger partial charge is 0.482 e. The van der Waals surface area contributed by atoms with Crippen molar-refractivity contribution in [3.8, 4) is 16.9 Å². The summed E-state index contributed by atoms with van der Waals surface area (Å²) in [6.07, 6.45) is 3.99. The average Bonchev–Trinajstić information content (AvgIpc) is 3.23. The maximum absolute atomic E-state index is 6.33. The molecule has 0 amide bonds. The molecule has 6 heteroatoms. The van der Waals surface area contributed by atoms with Crippen LogP contribution in [-0.2, 0) is 6.54 Å². The predicted molar refractivity (Wildman–Crippen MR) is 124 cm³/mol. The molecule has 1 aromatic heterocycles. The fraction of sp³-hybridized carbons (Fsp3) is 0.292. The molecule has 4 rings (SSSR count). The molecule has 1 fully saturated rings. The number of pyridine rings is 1. The Labute approximate surface area is 187 Å². The number of ether oxygens (including phenoxy) is 1. The van der Waals surface area contributed by atoms with Gasteiger partial charge in [-0.3, -0.25) is 4.90 Å². The Morgan fingerprint density at radius 2 is 1.73 bits per heavy atom. The third-order valence-corrected chi connectivity index (χ3v) is 6.12. The van der Waals surface area contributed by atoms with Gasteiger partial charge in [0.2, 0.25) is 0 Å². The molecule has 2 aromatic carbocycles. The zero-order chi connectivity index (χ0) is 21.1. The first kappa shape index (κ1) is 21.0. The van der Waals surface area contributed by atoms with Crippen LogP contribution >= 0.6 is 23.2 Å². The van der Waals surface area contributed by atoms with Gasteiger partial charge in [-0.15, -0.1) is 0 Å². The number of aromatic nitrogens is 1. The topological polar surface area (TPSA) is 51.4 Å². The van der Waals surface area contributed by atoms with Gasteiger partial charge < -0.3 is 10.5 Å². The number of hydrogen-bond acceptors (Lipinski definition) is 4. The van der Waals surface area contributed by atoms with Crippen molar-refractivity contribution >= 4 is 29.0 Å². The Balaban J connectivity index is 1.57. The molecule has 2 heterocycles. The molecule has 1 aliphatic heterocycles. The van der Waals surface area contributed by atoms with E-state index in [1.165, 1.54) is 31.5 Å². The van der Waals surface area contributed by atoms with Gasteiger partial charge in [-0.25, -0.2) is 4.98 Å². The molecule has 2 N–H and O–H groups in total. The lowest BCUT2D eigenvalue weighted by atomic mass is 10.0. The molecule has 1 aliphatic rings. The van der Waals surface area contributed by atoms with Crippen LogP contribution in [0.1, 0.15) is 37.0 Å². The highest BCUT2D eigenvalue weighted by Gasteiger charge is 2.18. The third kappa shape index (κ3) is 4.72. The molecule has 4 nitrogen and oxygen atoms in total. The fourth-order valence-corrected chi connectivity index (χ4v) is 4.61. The minimum atomic E-state index is -0.368. The quantitative estimate of drug-likeness (QED) is 0.482. The van der Waals surface area contributed by atoms with Gasteiger partial charge in [0.25, 0.3) is 0 Å². The summed E-state index contributed by atoms with van der Waals surface area (Å²) in [7, 11) is 0. The first-order chi connectivity index (χ1) is 14.5. The zero-order valence-corrected chi connectivity index (χ0v) is 18.5. The first-order valence-electron chi connectivity index (χ1n) is 10.2. The zero-order valence-electron chi connectivity index (χ0n) is 16.9. The average molecular weight is 442 g/mol. The maximum atomic E-state index is 6.33. The Hall–Kier alpha value is -2.27. The number of rotatable bonds is 6. The molecular formula is C24H25Cl2N3O. The van der Waals surface area contributed by atoms with Crippen LogP contribution in [0.2, 0.25) is 10.0 Å². The minimum Gasteiger partial charge on any atom is -0.482 e. The Morgan fingerprint density at radius 3 is 2.47 bits per heavy atom. The molecule has 0 saturated carbocycles. The van der Waals surface area contributed by atoms with E-state index in [9.17, 15) is 0 Å². The van der Waals surface area contributed by atoms with E-state index in [-0.39, 0.29) is 6.10 Å². The number of nitrogens with zero attached hydrogens (tertiary/aromatic N) is 2. The number of nitrogen functional groups attached to an aromatic ring is 1. The third-order valence-electron chi connectivity index (χ3n) is 5.46. The van der Waals surface area contributed by atoms with Crippen LogP contribution in [0.15, 0.2) is 54.7 Å². The Bertz CT molecular complexity index is 1010. The van der Waals surface area contributed by atoms with Crippen LogP contribution in [0.3, 0.4) is 0 Å². The lowest BCUT2D eigenvalue weighted by Crippen LogP contribution is -2.18. The smallest absolute Gasteiger partial charge is 0.166 e. The van der Waals surface area contributed by atoms with Gasteiger partial charge in [-0.1, -0.05) is 47.5 Å². The molecule has 1 atom stereocenters. The van der Waals surface area contributed by atoms with Crippen molar-refractivity contribution in [2.24, 2.45) is 0 Å². The second kappa shape index (κ2) is 9.25. The van der Waals surface area contributed by atoms with Crippen molar-refractivity contribution in [3.63, 3.8) is 0 Å². The first-order valence-corrected chi connectivity index (χ1v) is 10.9. The van der Waals surface area contributed by atoms with E-state index in [4.69, 9.17) is 33.7 Å². The molecule has 0 radical (unpaired) electrons. The van der Waals surface area contributed by atoms with E-state index in [1.54, 1.807) is 18.3 Å². The van der Waals surface area contributed by atoms with Crippen LogP contribution in [0.25, 0.3) is 11.1 Å². The van der Waals surface area contributed by atoms with Crippen molar-refractivity contribution < 1.29 is 4.74 Å². The van der Waals surface area contributed by atoms with E-state index >= 15 is 0 Å². The number of nitrogens with two attached hydrogens (primary N) is 1. The highest BCUT2D eigenvalue weighted by molar-refractivity contribution is 6.36. The highest BCUT2D eigenvalue weighted by Crippen LogP contribution is 2.35. The summed E-state index contributed by atoms with van der Waals surface area (Å²) in [5, 5.41) is 1.12. The molecule has 3 aromatic rings. The maximum Gasteiger partial charge on any atom is 0.166 e. The summed E-state index contributed by atoms with van der Waals surface area (Å²) >= 11 is 12.7. The van der Waals surface area contributed by atoms with Crippen LogP contribution in [-0.4, -0.2) is 23.0 Å². The molecule has 0 bridgehead atoms. The van der Waals surface area contributed by atoms with E-state index in [2.05, 4.69) is 34.1 Å². The van der Waals surface area contributed by atoms with E-state index in [0.717, 1.165) is 23.2 Å². The van der Waals surface area contributed by atoms with Crippen molar-refractivity contribution in [1.82, 2.24) is 9.88 Å². The monoisotopic (exact) mass is 441 g/mol. The van der Waals surface area contributed by atoms with Crippen molar-refractivity contribution in [2.45, 2.75) is 32.4 Å². The van der Waals surface area contributed by atoms with E-state index in [0.29, 0.717) is 21.6 Å². The predicted octanol–water partition coefficient (Wildman–Crippen LogP) is 6.37. The fourth-order valence-electron chi connectivity index (χ4n) is 3.90. The summed E-state index contributed by atoms with van der Waals surface area (Å²) in [4.78, 5) is 6.85. The lowest BCUT2D eigenvalue weighted by Gasteiger charge is -2.19. The van der Waals surface area contributed by atoms with E-state index in [1.807, 2.05) is 19.1 Å². The number of anilines is 1. The van der Waals surface area contributed by atoms with Crippen LogP contribution in [0.5, 0.6) is 5.75 Å². The number of halogens is 2. The van der Waals surface area contributed by atoms with Gasteiger partial charge in [0, 0.05) is 33.9 Å². The molecule has 30 heavy (non-hydrogen) atoms. The molecule has 0 aliphatic carbocycles. The molecule has 0 unspecified atom stereocenters. The summed E-state index contributed by atoms with van der Waals surface area (Å²) in [5.74, 6) is 0.850. The van der Waals surface area contributed by atoms with Gasteiger partial charge in [0.15, 0.2) is 11.6 Å². The second-order valence-electron chi connectivity index (χ2n) is 7.69. The summed E-state index contributed by atoms with van der Waals surface area (Å²) < 4.78 is 6.13. The SMILES string of the molecule is C[C@H](Oc1cc(-c2cccc(CN3CCCC3)c2)cnc1N)c1c(Cl)cccc1Cl. The highest BCUT2D eigenvalue weighted by atomic mass is 35.5. The molecular weight excluding hydrogens is 417 g/mol. The molecule has 1 saturated heterocycles. The lowest BCUT2D eigenvalue weighted by molar-refractivity contribution is 0.228. The van der Waals surface area contributed by atoms with Gasteiger partial charge in [-0.05, 0) is 68.2 Å². The van der Waals surface area contributed by atoms with Crippen molar-refractivity contribution in [1.29, 1.82) is 0 Å². The van der Waals surface area contributed by atoms with Crippen LogP contribution < -0.4 is 10.5 Å². The summed E-state index contributed by atoms with van der Waals surface area (Å²) in [6.45, 7) is 5.22. The number of hydrogen-bond donors (Lipinski definition) is 1. The van der Waals surface area contributed by atoms with Gasteiger partial charge in [0.05, 0.1) is 0 Å². The standard InChI is InChI=1S/C24H25Cl2N3O/c1-16(23-20(25)8-5-9-21(23)26)30-22-13-19(14-28-24(22)27)18-7-4-6-17(12-18)15-29-10-2-3-11-29/h4-9,12-14,16H,2-3,10-11,15H2,1H3,(H2,27,28)/t16-/m0/s1. The number of likely N-dealkylation sites (tertiary alicyclic amines) is 1.